The Balaban J connectivity index is 0.00000288. The molecule has 7 heteroatoms. The number of halogens is 1. The summed E-state index contributed by atoms with van der Waals surface area (Å²) in [5.74, 6) is 1.59. The van der Waals surface area contributed by atoms with Gasteiger partial charge in [0.1, 0.15) is 0 Å². The van der Waals surface area contributed by atoms with E-state index in [-0.39, 0.29) is 29.5 Å². The van der Waals surface area contributed by atoms with E-state index in [1.165, 1.54) is 5.56 Å². The van der Waals surface area contributed by atoms with Crippen molar-refractivity contribution < 1.29 is 0 Å². The topological polar surface area (TPSA) is 48.7 Å². The number of hydrogen-bond donors (Lipinski definition) is 1. The number of hydrogen-bond acceptors (Lipinski definition) is 3. The fourth-order valence-electron chi connectivity index (χ4n) is 2.71. The van der Waals surface area contributed by atoms with E-state index >= 15 is 0 Å². The lowest BCUT2D eigenvalue weighted by Gasteiger charge is -2.32. The molecule has 0 aromatic carbocycles. The molecule has 1 atom stereocenters. The summed E-state index contributed by atoms with van der Waals surface area (Å²) in [4.78, 5) is 9.50. The van der Waals surface area contributed by atoms with Crippen LogP contribution in [0.2, 0.25) is 0 Å². The van der Waals surface area contributed by atoms with Gasteiger partial charge in [-0.1, -0.05) is 0 Å². The predicted octanol–water partition coefficient (Wildman–Crippen LogP) is 2.13. The van der Waals surface area contributed by atoms with Gasteiger partial charge in [0.2, 0.25) is 0 Å². The summed E-state index contributed by atoms with van der Waals surface area (Å²) < 4.78 is 1.89. The summed E-state index contributed by atoms with van der Waals surface area (Å²) in [6.07, 6.45) is 5.29. The molecular formula is C17H33IN6. The van der Waals surface area contributed by atoms with E-state index in [0.717, 1.165) is 38.6 Å². The van der Waals surface area contributed by atoms with Gasteiger partial charge in [0.05, 0.1) is 12.7 Å². The molecular weight excluding hydrogens is 415 g/mol. The zero-order valence-corrected chi connectivity index (χ0v) is 18.2. The Morgan fingerprint density at radius 3 is 2.71 bits per heavy atom. The predicted molar refractivity (Wildman–Crippen MR) is 111 cm³/mol. The first kappa shape index (κ1) is 21.2. The molecule has 6 nitrogen and oxygen atoms in total. The number of likely N-dealkylation sites (N-methyl/N-ethyl adjacent to an activating group) is 1. The highest BCUT2D eigenvalue weighted by molar-refractivity contribution is 14.0. The second-order valence-electron chi connectivity index (χ2n) is 7.26. The third-order valence-electron chi connectivity index (χ3n) is 4.85. The van der Waals surface area contributed by atoms with Crippen molar-refractivity contribution in [3.63, 3.8) is 0 Å². The molecule has 0 amide bonds. The standard InChI is InChI=1S/C17H32N6.HI/c1-7-18-16(19-13-17(2,3)21(4)5)23-9-8-14(12-23)15-10-20-22(6)11-15;/h10-11,14H,7-9,12-13H2,1-6H3,(H,18,19);1H. The summed E-state index contributed by atoms with van der Waals surface area (Å²) >= 11 is 0. The number of nitrogens with zero attached hydrogens (tertiary/aromatic N) is 5. The lowest BCUT2D eigenvalue weighted by molar-refractivity contribution is 0.204. The van der Waals surface area contributed by atoms with Crippen molar-refractivity contribution >= 4 is 29.9 Å². The first-order valence-electron chi connectivity index (χ1n) is 8.52. The van der Waals surface area contributed by atoms with Gasteiger partial charge in [-0.05, 0) is 46.9 Å². The van der Waals surface area contributed by atoms with Gasteiger partial charge in [-0.25, -0.2) is 0 Å². The molecule has 1 unspecified atom stereocenters. The van der Waals surface area contributed by atoms with E-state index < -0.39 is 0 Å². The van der Waals surface area contributed by atoms with Crippen LogP contribution in [-0.2, 0) is 7.05 Å². The number of aliphatic imine (C=N–C) groups is 1. The molecule has 0 saturated carbocycles. The second kappa shape index (κ2) is 9.03. The highest BCUT2D eigenvalue weighted by Gasteiger charge is 2.28. The maximum absolute atomic E-state index is 4.89. The van der Waals surface area contributed by atoms with Crippen LogP contribution in [0.5, 0.6) is 0 Å². The van der Waals surface area contributed by atoms with Gasteiger partial charge in [-0.15, -0.1) is 24.0 Å². The molecule has 1 aromatic rings. The third kappa shape index (κ3) is 5.34. The van der Waals surface area contributed by atoms with E-state index in [1.54, 1.807) is 0 Å². The van der Waals surface area contributed by atoms with Crippen LogP contribution in [0.1, 0.15) is 38.7 Å². The molecule has 2 rings (SSSR count). The summed E-state index contributed by atoms with van der Waals surface area (Å²) in [6.45, 7) is 10.3. The number of nitrogens with one attached hydrogen (secondary N) is 1. The molecule has 0 spiro atoms. The molecule has 1 fully saturated rings. The van der Waals surface area contributed by atoms with Crippen molar-refractivity contribution in [1.82, 2.24) is 24.9 Å². The Morgan fingerprint density at radius 1 is 1.46 bits per heavy atom. The van der Waals surface area contributed by atoms with E-state index in [4.69, 9.17) is 4.99 Å². The maximum atomic E-state index is 4.89. The van der Waals surface area contributed by atoms with Crippen LogP contribution in [0.25, 0.3) is 0 Å². The average molecular weight is 448 g/mol. The van der Waals surface area contributed by atoms with Crippen LogP contribution in [0, 0.1) is 0 Å². The van der Waals surface area contributed by atoms with E-state index in [9.17, 15) is 0 Å². The van der Waals surface area contributed by atoms with Crippen molar-refractivity contribution in [2.45, 2.75) is 38.6 Å². The fourth-order valence-corrected chi connectivity index (χ4v) is 2.71. The highest BCUT2D eigenvalue weighted by atomic mass is 127. The van der Waals surface area contributed by atoms with Gasteiger partial charge >= 0.3 is 0 Å². The summed E-state index contributed by atoms with van der Waals surface area (Å²) in [6, 6.07) is 0. The zero-order valence-electron chi connectivity index (χ0n) is 15.9. The maximum Gasteiger partial charge on any atom is 0.194 e. The lowest BCUT2D eigenvalue weighted by Crippen LogP contribution is -2.44. The van der Waals surface area contributed by atoms with Crippen LogP contribution >= 0.6 is 24.0 Å². The number of likely N-dealkylation sites (tertiary alicyclic amines) is 1. The smallest absolute Gasteiger partial charge is 0.194 e. The number of aromatic nitrogens is 2. The van der Waals surface area contributed by atoms with Crippen molar-refractivity contribution in [3.05, 3.63) is 18.0 Å². The summed E-state index contributed by atoms with van der Waals surface area (Å²) in [5, 5.41) is 7.75. The van der Waals surface area contributed by atoms with Crippen LogP contribution < -0.4 is 5.32 Å². The van der Waals surface area contributed by atoms with E-state index in [1.807, 2.05) is 17.9 Å². The molecule has 24 heavy (non-hydrogen) atoms. The fraction of sp³-hybridized carbons (Fsp3) is 0.765. The number of guanidine groups is 1. The normalized spacial score (nSPS) is 18.9. The van der Waals surface area contributed by atoms with Gasteiger partial charge in [-0.3, -0.25) is 9.67 Å². The Hall–Kier alpha value is -0.830. The quantitative estimate of drug-likeness (QED) is 0.426. The van der Waals surface area contributed by atoms with Crippen LogP contribution in [-0.4, -0.2) is 71.4 Å². The molecule has 138 valence electrons. The average Bonchev–Trinajstić information content (AvgIpc) is 3.12. The highest BCUT2D eigenvalue weighted by Crippen LogP contribution is 2.26. The van der Waals surface area contributed by atoms with Crippen molar-refractivity contribution in [2.75, 3.05) is 40.3 Å². The molecule has 1 N–H and O–H groups in total. The Labute approximate surface area is 163 Å². The minimum absolute atomic E-state index is 0. The lowest BCUT2D eigenvalue weighted by atomic mass is 10.0. The minimum Gasteiger partial charge on any atom is -0.357 e. The van der Waals surface area contributed by atoms with Gasteiger partial charge in [0.25, 0.3) is 0 Å². The Morgan fingerprint density at radius 2 is 2.17 bits per heavy atom. The van der Waals surface area contributed by atoms with Gasteiger partial charge < -0.3 is 15.1 Å². The number of rotatable bonds is 5. The Kier molecular flexibility index (Phi) is 7.98. The van der Waals surface area contributed by atoms with Gasteiger partial charge in [0, 0.05) is 44.3 Å². The van der Waals surface area contributed by atoms with Gasteiger partial charge in [-0.2, -0.15) is 5.10 Å². The van der Waals surface area contributed by atoms with Crippen molar-refractivity contribution in [1.29, 1.82) is 0 Å². The number of aryl methyl sites for hydroxylation is 1. The van der Waals surface area contributed by atoms with Gasteiger partial charge in [0.15, 0.2) is 5.96 Å². The summed E-state index contributed by atoms with van der Waals surface area (Å²) in [7, 11) is 6.19. The first-order valence-corrected chi connectivity index (χ1v) is 8.52. The zero-order chi connectivity index (χ0) is 17.0. The van der Waals surface area contributed by atoms with E-state index in [0.29, 0.717) is 5.92 Å². The minimum atomic E-state index is 0. The van der Waals surface area contributed by atoms with Crippen LogP contribution in [0.15, 0.2) is 17.4 Å². The monoisotopic (exact) mass is 448 g/mol. The van der Waals surface area contributed by atoms with Crippen molar-refractivity contribution in [3.8, 4) is 0 Å². The second-order valence-corrected chi connectivity index (χ2v) is 7.26. The van der Waals surface area contributed by atoms with Crippen molar-refractivity contribution in [2.24, 2.45) is 12.0 Å². The van der Waals surface area contributed by atoms with E-state index in [2.05, 4.69) is 61.3 Å². The SMILES string of the molecule is CCNC(=NCC(C)(C)N(C)C)N1CCC(c2cnn(C)c2)C1.I. The largest absolute Gasteiger partial charge is 0.357 e. The molecule has 1 aromatic heterocycles. The molecule has 0 radical (unpaired) electrons. The molecule has 1 saturated heterocycles. The summed E-state index contributed by atoms with van der Waals surface area (Å²) in [5.41, 5.74) is 1.39. The molecule has 1 aliphatic rings. The molecule has 1 aliphatic heterocycles. The molecule has 0 bridgehead atoms. The Bertz CT molecular complexity index is 537. The third-order valence-corrected chi connectivity index (χ3v) is 4.85. The van der Waals surface area contributed by atoms with Crippen LogP contribution in [0.3, 0.4) is 0 Å². The molecule has 2 heterocycles. The van der Waals surface area contributed by atoms with Crippen LogP contribution in [0.4, 0.5) is 0 Å². The first-order chi connectivity index (χ1) is 10.8. The molecule has 0 aliphatic carbocycles.